The van der Waals surface area contributed by atoms with Crippen molar-refractivity contribution in [2.45, 2.75) is 105 Å². The van der Waals surface area contributed by atoms with E-state index in [9.17, 15) is 0 Å². The van der Waals surface area contributed by atoms with Gasteiger partial charge in [0.15, 0.2) is 0 Å². The van der Waals surface area contributed by atoms with Gasteiger partial charge in [0.2, 0.25) is 0 Å². The first-order chi connectivity index (χ1) is 9.85. The first-order valence-corrected chi connectivity index (χ1v) is 10.3. The quantitative estimate of drug-likeness (QED) is 0.699. The van der Waals surface area contributed by atoms with E-state index in [0.717, 1.165) is 0 Å². The molecule has 0 saturated carbocycles. The first kappa shape index (κ1) is 23.1. The van der Waals surface area contributed by atoms with Crippen LogP contribution in [0.3, 0.4) is 0 Å². The Morgan fingerprint density at radius 1 is 0.478 bits per heavy atom. The van der Waals surface area contributed by atoms with Crippen molar-refractivity contribution >= 4 is 8.88 Å². The van der Waals surface area contributed by atoms with Crippen molar-refractivity contribution in [3.05, 3.63) is 0 Å². The summed E-state index contributed by atoms with van der Waals surface area (Å²) in [7, 11) is 0.715. The summed E-state index contributed by atoms with van der Waals surface area (Å²) in [6.07, 6.45) is 0. The van der Waals surface area contributed by atoms with Gasteiger partial charge in [-0.1, -0.05) is 0 Å². The Morgan fingerprint density at radius 3 is 0.739 bits per heavy atom. The minimum Gasteiger partial charge on any atom is -0.374 e. The van der Waals surface area contributed by atoms with Gasteiger partial charge in [0, 0.05) is 36.4 Å². The second-order valence-electron chi connectivity index (χ2n) is 10.3. The Hall–Kier alpha value is 0.0569. The molecule has 5 heteroatoms. The van der Waals surface area contributed by atoms with E-state index in [1.165, 1.54) is 0 Å². The average molecular weight is 347 g/mol. The molecule has 0 N–H and O–H groups in total. The van der Waals surface area contributed by atoms with Crippen LogP contribution in [0.1, 0.15) is 83.1 Å². The summed E-state index contributed by atoms with van der Waals surface area (Å²) in [5.41, 5.74) is -0.368. The summed E-state index contributed by atoms with van der Waals surface area (Å²) in [6, 6.07) is 0. The van der Waals surface area contributed by atoms with Crippen molar-refractivity contribution in [1.82, 2.24) is 9.13 Å². The van der Waals surface area contributed by atoms with E-state index in [-0.39, 0.29) is 22.2 Å². The Bertz CT molecular complexity index is 318. The Morgan fingerprint density at radius 2 is 0.652 bits per heavy atom. The molecule has 0 saturated heterocycles. The number of hydrogen-bond acceptors (Lipinski definition) is 4. The lowest BCUT2D eigenvalue weighted by Crippen LogP contribution is -2.82. The maximum atomic E-state index is 6.29. The van der Waals surface area contributed by atoms with Gasteiger partial charge in [0.25, 0.3) is 0 Å². The fraction of sp³-hybridized carbons (Fsp3) is 1.00. The lowest BCUT2D eigenvalue weighted by molar-refractivity contribution is -0.0392. The standard InChI is InChI=1S/C18H42N2O2Si/c1-15(2,3)19(16(4,5)6)23(21-13,22-14)20(17(7,8)9)18(10,11)12/h1-14H3. The van der Waals surface area contributed by atoms with E-state index in [1.54, 1.807) is 14.2 Å². The third-order valence-corrected chi connectivity index (χ3v) is 8.66. The molecule has 0 rings (SSSR count). The van der Waals surface area contributed by atoms with E-state index in [0.29, 0.717) is 0 Å². The predicted molar refractivity (Wildman–Crippen MR) is 102 cm³/mol. The average Bonchev–Trinajstić information content (AvgIpc) is 2.19. The largest absolute Gasteiger partial charge is 0.523 e. The molecular formula is C18H42N2O2Si. The van der Waals surface area contributed by atoms with E-state index in [4.69, 9.17) is 8.85 Å². The van der Waals surface area contributed by atoms with Crippen molar-refractivity contribution < 1.29 is 8.85 Å². The topological polar surface area (TPSA) is 24.9 Å². The molecule has 0 radical (unpaired) electrons. The molecule has 0 aromatic carbocycles. The summed E-state index contributed by atoms with van der Waals surface area (Å²) in [5, 5.41) is 0. The van der Waals surface area contributed by atoms with Gasteiger partial charge < -0.3 is 8.85 Å². The lowest BCUT2D eigenvalue weighted by atomic mass is 10.0. The van der Waals surface area contributed by atoms with Gasteiger partial charge in [-0.2, -0.15) is 0 Å². The van der Waals surface area contributed by atoms with Crippen LogP contribution in [0.4, 0.5) is 0 Å². The molecule has 0 atom stereocenters. The normalized spacial score (nSPS) is 15.7. The van der Waals surface area contributed by atoms with Gasteiger partial charge in [-0.05, 0) is 83.1 Å². The van der Waals surface area contributed by atoms with Crippen molar-refractivity contribution in [3.63, 3.8) is 0 Å². The van der Waals surface area contributed by atoms with Gasteiger partial charge in [0.1, 0.15) is 0 Å². The highest BCUT2D eigenvalue weighted by atomic mass is 28.4. The van der Waals surface area contributed by atoms with Gasteiger partial charge >= 0.3 is 8.88 Å². The zero-order valence-corrected chi connectivity index (χ0v) is 19.2. The number of rotatable bonds is 4. The summed E-state index contributed by atoms with van der Waals surface area (Å²) < 4.78 is 17.5. The van der Waals surface area contributed by atoms with E-state index in [2.05, 4.69) is 92.2 Å². The zero-order chi connectivity index (χ0) is 19.1. The molecule has 0 aromatic rings. The molecule has 0 aliphatic carbocycles. The molecule has 0 unspecified atom stereocenters. The first-order valence-electron chi connectivity index (χ1n) is 8.57. The van der Waals surface area contributed by atoms with E-state index < -0.39 is 8.88 Å². The monoisotopic (exact) mass is 346 g/mol. The molecule has 4 nitrogen and oxygen atoms in total. The molecule has 0 bridgehead atoms. The minimum atomic E-state index is -2.88. The minimum absolute atomic E-state index is 0.0920. The third-order valence-electron chi connectivity index (χ3n) is 3.78. The van der Waals surface area contributed by atoms with Gasteiger partial charge in [-0.3, -0.25) is 9.13 Å². The van der Waals surface area contributed by atoms with Gasteiger partial charge in [0.05, 0.1) is 0 Å². The molecule has 0 aliphatic rings. The lowest BCUT2D eigenvalue weighted by Gasteiger charge is -2.61. The van der Waals surface area contributed by atoms with E-state index in [1.807, 2.05) is 0 Å². The Balaban J connectivity index is 6.68. The van der Waals surface area contributed by atoms with Crippen LogP contribution >= 0.6 is 0 Å². The Kier molecular flexibility index (Phi) is 6.77. The van der Waals surface area contributed by atoms with Crippen molar-refractivity contribution in [1.29, 1.82) is 0 Å². The molecule has 0 spiro atoms. The van der Waals surface area contributed by atoms with Crippen LogP contribution < -0.4 is 0 Å². The third kappa shape index (κ3) is 5.02. The Labute approximate surface area is 146 Å². The highest BCUT2D eigenvalue weighted by molar-refractivity contribution is 6.62. The molecule has 0 aliphatic heterocycles. The molecule has 140 valence electrons. The maximum absolute atomic E-state index is 6.29. The van der Waals surface area contributed by atoms with Gasteiger partial charge in [-0.15, -0.1) is 0 Å². The van der Waals surface area contributed by atoms with Crippen LogP contribution in [-0.4, -0.2) is 54.4 Å². The highest BCUT2D eigenvalue weighted by Crippen LogP contribution is 2.40. The number of hydrogen-bond donors (Lipinski definition) is 0. The maximum Gasteiger partial charge on any atom is 0.523 e. The van der Waals surface area contributed by atoms with Crippen molar-refractivity contribution in [2.75, 3.05) is 14.2 Å². The van der Waals surface area contributed by atoms with Crippen molar-refractivity contribution in [2.24, 2.45) is 0 Å². The number of nitrogens with zero attached hydrogens (tertiary/aromatic N) is 2. The second-order valence-corrected chi connectivity index (χ2v) is 13.1. The van der Waals surface area contributed by atoms with Crippen molar-refractivity contribution in [3.8, 4) is 0 Å². The second kappa shape index (κ2) is 6.75. The molecule has 0 fully saturated rings. The van der Waals surface area contributed by atoms with Crippen LogP contribution in [0.5, 0.6) is 0 Å². The summed E-state index contributed by atoms with van der Waals surface area (Å²) in [5.74, 6) is 0. The predicted octanol–water partition coefficient (Wildman–Crippen LogP) is 4.51. The van der Waals surface area contributed by atoms with Crippen LogP contribution in [-0.2, 0) is 8.85 Å². The molecule has 0 amide bonds. The molecule has 0 aromatic heterocycles. The summed E-state index contributed by atoms with van der Waals surface area (Å²) in [6.45, 7) is 26.9. The zero-order valence-electron chi connectivity index (χ0n) is 18.2. The summed E-state index contributed by atoms with van der Waals surface area (Å²) in [4.78, 5) is 0. The summed E-state index contributed by atoms with van der Waals surface area (Å²) >= 11 is 0. The smallest absolute Gasteiger partial charge is 0.374 e. The SMILES string of the molecule is CO[Si](OC)(N(C(C)(C)C)C(C)(C)C)N(C(C)(C)C)C(C)(C)C. The molecular weight excluding hydrogens is 304 g/mol. The van der Waals surface area contributed by atoms with Crippen LogP contribution in [0.15, 0.2) is 0 Å². The van der Waals surface area contributed by atoms with Crippen LogP contribution in [0, 0.1) is 0 Å². The molecule has 0 heterocycles. The van der Waals surface area contributed by atoms with Crippen LogP contribution in [0.2, 0.25) is 0 Å². The van der Waals surface area contributed by atoms with Crippen LogP contribution in [0.25, 0.3) is 0 Å². The van der Waals surface area contributed by atoms with E-state index >= 15 is 0 Å². The van der Waals surface area contributed by atoms with Gasteiger partial charge in [-0.25, -0.2) is 0 Å². The molecule has 23 heavy (non-hydrogen) atoms. The highest BCUT2D eigenvalue weighted by Gasteiger charge is 2.63. The fourth-order valence-corrected chi connectivity index (χ4v) is 8.74. The fourth-order valence-electron chi connectivity index (χ4n) is 4.26.